The van der Waals surface area contributed by atoms with Gasteiger partial charge in [-0.05, 0) is 18.1 Å². The Morgan fingerprint density at radius 3 is 2.85 bits per heavy atom. The molecule has 1 aromatic rings. The third kappa shape index (κ3) is 3.63. The molecule has 0 spiro atoms. The van der Waals surface area contributed by atoms with Crippen LogP contribution >= 0.6 is 0 Å². The van der Waals surface area contributed by atoms with Crippen LogP contribution in [0.15, 0.2) is 24.3 Å². The van der Waals surface area contributed by atoms with Crippen molar-refractivity contribution in [3.63, 3.8) is 0 Å². The fourth-order valence-electron chi connectivity index (χ4n) is 2.01. The molecular weight excluding hydrogens is 258 g/mol. The lowest BCUT2D eigenvalue weighted by Crippen LogP contribution is -2.47. The van der Waals surface area contributed by atoms with Crippen molar-refractivity contribution < 1.29 is 14.3 Å². The Labute approximate surface area is 118 Å². The van der Waals surface area contributed by atoms with Crippen LogP contribution in [-0.4, -0.2) is 50.1 Å². The smallest absolute Gasteiger partial charge is 0.317 e. The number of hydrogen-bond acceptors (Lipinski definition) is 3. The molecule has 1 aromatic carbocycles. The fraction of sp³-hybridized carbons (Fsp3) is 0.429. The minimum absolute atomic E-state index is 0.0326. The standard InChI is InChI=1S/C14H19N3O3/c1-17(2)14(19)15-8-13(18)16-11-7-10-5-3-4-6-12(10)20-9-11/h3-6,11H,7-9H2,1-2H3,(H,15,19)(H,16,18)/t11-/m1/s1. The molecule has 20 heavy (non-hydrogen) atoms. The van der Waals surface area contributed by atoms with Crippen molar-refractivity contribution in [2.75, 3.05) is 27.2 Å². The minimum atomic E-state index is -0.287. The molecule has 6 nitrogen and oxygen atoms in total. The van der Waals surface area contributed by atoms with E-state index in [-0.39, 0.29) is 24.5 Å². The van der Waals surface area contributed by atoms with E-state index in [1.54, 1.807) is 14.1 Å². The van der Waals surface area contributed by atoms with Crippen molar-refractivity contribution in [2.24, 2.45) is 0 Å². The maximum Gasteiger partial charge on any atom is 0.317 e. The molecule has 0 aromatic heterocycles. The quantitative estimate of drug-likeness (QED) is 0.839. The van der Waals surface area contributed by atoms with Gasteiger partial charge >= 0.3 is 6.03 Å². The first-order chi connectivity index (χ1) is 9.56. The number of carbonyl (C=O) groups is 2. The van der Waals surface area contributed by atoms with Gasteiger partial charge in [0.05, 0.1) is 12.6 Å². The molecular formula is C14H19N3O3. The number of fused-ring (bicyclic) bond motifs is 1. The normalized spacial score (nSPS) is 16.6. The summed E-state index contributed by atoms with van der Waals surface area (Å²) in [7, 11) is 3.25. The van der Waals surface area contributed by atoms with Gasteiger partial charge in [0.1, 0.15) is 12.4 Å². The maximum absolute atomic E-state index is 11.8. The molecule has 2 rings (SSSR count). The zero-order chi connectivity index (χ0) is 14.5. The molecule has 1 atom stereocenters. The van der Waals surface area contributed by atoms with Crippen LogP contribution in [0.3, 0.4) is 0 Å². The number of rotatable bonds is 3. The lowest BCUT2D eigenvalue weighted by molar-refractivity contribution is -0.121. The molecule has 0 saturated heterocycles. The van der Waals surface area contributed by atoms with Crippen LogP contribution in [0, 0.1) is 0 Å². The highest BCUT2D eigenvalue weighted by Crippen LogP contribution is 2.23. The van der Waals surface area contributed by atoms with Crippen molar-refractivity contribution in [3.05, 3.63) is 29.8 Å². The lowest BCUT2D eigenvalue weighted by atomic mass is 10.0. The average molecular weight is 277 g/mol. The topological polar surface area (TPSA) is 70.7 Å². The number of hydrogen-bond donors (Lipinski definition) is 2. The number of ether oxygens (including phenoxy) is 1. The number of nitrogens with one attached hydrogen (secondary N) is 2. The molecule has 0 saturated carbocycles. The van der Waals surface area contributed by atoms with Crippen molar-refractivity contribution in [2.45, 2.75) is 12.5 Å². The van der Waals surface area contributed by atoms with Crippen LogP contribution in [0.25, 0.3) is 0 Å². The second kappa shape index (κ2) is 6.27. The lowest BCUT2D eigenvalue weighted by Gasteiger charge is -2.26. The molecule has 0 aliphatic carbocycles. The van der Waals surface area contributed by atoms with Crippen molar-refractivity contribution in [1.82, 2.24) is 15.5 Å². The molecule has 3 amide bonds. The van der Waals surface area contributed by atoms with Gasteiger partial charge in [0.2, 0.25) is 5.91 Å². The molecule has 6 heteroatoms. The minimum Gasteiger partial charge on any atom is -0.491 e. The molecule has 0 bridgehead atoms. The number of urea groups is 1. The van der Waals surface area contributed by atoms with Gasteiger partial charge in [-0.2, -0.15) is 0 Å². The SMILES string of the molecule is CN(C)C(=O)NCC(=O)N[C@H]1COc2ccccc2C1. The first-order valence-electron chi connectivity index (χ1n) is 6.51. The zero-order valence-corrected chi connectivity index (χ0v) is 11.7. The van der Waals surface area contributed by atoms with Gasteiger partial charge in [0.15, 0.2) is 0 Å². The molecule has 108 valence electrons. The Hall–Kier alpha value is -2.24. The van der Waals surface area contributed by atoms with E-state index >= 15 is 0 Å². The second-order valence-corrected chi connectivity index (χ2v) is 4.94. The first-order valence-corrected chi connectivity index (χ1v) is 6.51. The van der Waals surface area contributed by atoms with Crippen LogP contribution in [-0.2, 0) is 11.2 Å². The van der Waals surface area contributed by atoms with E-state index in [0.29, 0.717) is 6.61 Å². The average Bonchev–Trinajstić information content (AvgIpc) is 2.44. The van der Waals surface area contributed by atoms with E-state index in [9.17, 15) is 9.59 Å². The van der Waals surface area contributed by atoms with E-state index < -0.39 is 0 Å². The summed E-state index contributed by atoms with van der Waals surface area (Å²) < 4.78 is 5.59. The number of carbonyl (C=O) groups excluding carboxylic acids is 2. The Kier molecular flexibility index (Phi) is 4.45. The van der Waals surface area contributed by atoms with E-state index in [0.717, 1.165) is 17.7 Å². The Morgan fingerprint density at radius 1 is 1.35 bits per heavy atom. The van der Waals surface area contributed by atoms with E-state index in [4.69, 9.17) is 4.74 Å². The van der Waals surface area contributed by atoms with E-state index in [1.165, 1.54) is 4.90 Å². The van der Waals surface area contributed by atoms with Gasteiger partial charge in [-0.25, -0.2) is 4.79 Å². The molecule has 1 aliphatic heterocycles. The number of para-hydroxylation sites is 1. The fourth-order valence-corrected chi connectivity index (χ4v) is 2.01. The highest BCUT2D eigenvalue weighted by molar-refractivity contribution is 5.83. The van der Waals surface area contributed by atoms with Crippen molar-refractivity contribution in [1.29, 1.82) is 0 Å². The van der Waals surface area contributed by atoms with Crippen LogP contribution in [0.1, 0.15) is 5.56 Å². The molecule has 1 heterocycles. The summed E-state index contributed by atoms with van der Waals surface area (Å²) in [5, 5.41) is 5.38. The van der Waals surface area contributed by atoms with Gasteiger partial charge in [0, 0.05) is 14.1 Å². The zero-order valence-electron chi connectivity index (χ0n) is 11.7. The highest BCUT2D eigenvalue weighted by atomic mass is 16.5. The van der Waals surface area contributed by atoms with Gasteiger partial charge in [-0.1, -0.05) is 18.2 Å². The molecule has 0 unspecified atom stereocenters. The molecule has 0 radical (unpaired) electrons. The summed E-state index contributed by atoms with van der Waals surface area (Å²) >= 11 is 0. The van der Waals surface area contributed by atoms with Gasteiger partial charge in [0.25, 0.3) is 0 Å². The monoisotopic (exact) mass is 277 g/mol. The summed E-state index contributed by atoms with van der Waals surface area (Å²) in [6.07, 6.45) is 0.740. The highest BCUT2D eigenvalue weighted by Gasteiger charge is 2.21. The van der Waals surface area contributed by atoms with E-state index in [2.05, 4.69) is 10.6 Å². The van der Waals surface area contributed by atoms with Crippen molar-refractivity contribution >= 4 is 11.9 Å². The van der Waals surface area contributed by atoms with Crippen molar-refractivity contribution in [3.8, 4) is 5.75 Å². The summed E-state index contributed by atoms with van der Waals surface area (Å²) in [5.74, 6) is 0.659. The Balaban J connectivity index is 1.80. The summed E-state index contributed by atoms with van der Waals surface area (Å²) in [6.45, 7) is 0.416. The third-order valence-electron chi connectivity index (χ3n) is 3.05. The largest absolute Gasteiger partial charge is 0.491 e. The van der Waals surface area contributed by atoms with E-state index in [1.807, 2.05) is 24.3 Å². The van der Waals surface area contributed by atoms with Crippen LogP contribution in [0.2, 0.25) is 0 Å². The maximum atomic E-state index is 11.8. The third-order valence-corrected chi connectivity index (χ3v) is 3.05. The van der Waals surface area contributed by atoms with Gasteiger partial charge < -0.3 is 20.3 Å². The number of nitrogens with zero attached hydrogens (tertiary/aromatic N) is 1. The summed E-state index contributed by atoms with van der Waals surface area (Å²) in [6, 6.07) is 7.43. The first kappa shape index (κ1) is 14.2. The molecule has 0 fully saturated rings. The molecule has 1 aliphatic rings. The predicted octanol–water partition coefficient (Wildman–Crippen LogP) is 0.378. The van der Waals surface area contributed by atoms with Crippen LogP contribution in [0.4, 0.5) is 4.79 Å². The molecule has 2 N–H and O–H groups in total. The van der Waals surface area contributed by atoms with Crippen LogP contribution < -0.4 is 15.4 Å². The van der Waals surface area contributed by atoms with Crippen LogP contribution in [0.5, 0.6) is 5.75 Å². The Bertz CT molecular complexity index is 502. The van der Waals surface area contributed by atoms with Gasteiger partial charge in [-0.3, -0.25) is 4.79 Å². The number of amides is 3. The number of benzene rings is 1. The Morgan fingerprint density at radius 2 is 2.10 bits per heavy atom. The summed E-state index contributed by atoms with van der Waals surface area (Å²) in [5.41, 5.74) is 1.08. The summed E-state index contributed by atoms with van der Waals surface area (Å²) in [4.78, 5) is 24.4. The van der Waals surface area contributed by atoms with Gasteiger partial charge in [-0.15, -0.1) is 0 Å². The second-order valence-electron chi connectivity index (χ2n) is 4.94. The predicted molar refractivity (Wildman–Crippen MR) is 74.7 cm³/mol.